The minimum Gasteiger partial charge on any atom is -0.299 e. The van der Waals surface area contributed by atoms with Gasteiger partial charge in [0.05, 0.1) is 22.8 Å². The van der Waals surface area contributed by atoms with Crippen molar-refractivity contribution in [2.45, 2.75) is 40.5 Å². The summed E-state index contributed by atoms with van der Waals surface area (Å²) in [6.45, 7) is 13.5. The van der Waals surface area contributed by atoms with Crippen molar-refractivity contribution in [3.05, 3.63) is 35.6 Å². The molecule has 0 amide bonds. The van der Waals surface area contributed by atoms with Gasteiger partial charge in [0, 0.05) is 6.20 Å². The van der Waals surface area contributed by atoms with E-state index in [-0.39, 0.29) is 5.92 Å². The summed E-state index contributed by atoms with van der Waals surface area (Å²) in [6.07, 6.45) is 3.41. The molecule has 0 aliphatic rings. The summed E-state index contributed by atoms with van der Waals surface area (Å²) in [7, 11) is 0. The molecule has 0 bridgehead atoms. The average Bonchev–Trinajstić information content (AvgIpc) is 2.78. The summed E-state index contributed by atoms with van der Waals surface area (Å²) >= 11 is 0. The van der Waals surface area contributed by atoms with Crippen LogP contribution in [0.25, 0.3) is 17.2 Å². The number of hydrogen-bond donors (Lipinski definition) is 0. The summed E-state index contributed by atoms with van der Waals surface area (Å²) in [6, 6.07) is 2.19. The third-order valence-electron chi connectivity index (χ3n) is 2.71. The lowest BCUT2D eigenvalue weighted by Gasteiger charge is -2.07. The number of rotatable bonds is 2. The number of nitriles is 1. The van der Waals surface area contributed by atoms with E-state index in [1.165, 1.54) is 0 Å². The highest BCUT2D eigenvalue weighted by Gasteiger charge is 2.17. The first-order valence-electron chi connectivity index (χ1n) is 6.73. The van der Waals surface area contributed by atoms with Crippen molar-refractivity contribution < 1.29 is 0 Å². The van der Waals surface area contributed by atoms with Gasteiger partial charge in [0.15, 0.2) is 0 Å². The van der Waals surface area contributed by atoms with Crippen LogP contribution in [-0.2, 0) is 0 Å². The Balaban J connectivity index is 0.000000956. The molecule has 2 rings (SSSR count). The molecule has 2 aromatic heterocycles. The van der Waals surface area contributed by atoms with Crippen molar-refractivity contribution in [3.8, 4) is 6.07 Å². The number of hydrogen-bond acceptors (Lipinski definition) is 3. The van der Waals surface area contributed by atoms with E-state index in [0.29, 0.717) is 11.4 Å². The van der Waals surface area contributed by atoms with Crippen molar-refractivity contribution in [3.63, 3.8) is 0 Å². The van der Waals surface area contributed by atoms with Crippen LogP contribution in [0.1, 0.15) is 50.7 Å². The van der Waals surface area contributed by atoms with Gasteiger partial charge in [-0.25, -0.2) is 9.97 Å². The van der Waals surface area contributed by atoms with Crippen molar-refractivity contribution in [2.75, 3.05) is 0 Å². The highest BCUT2D eigenvalue weighted by Crippen LogP contribution is 2.27. The molecule has 0 saturated carbocycles. The maximum absolute atomic E-state index is 9.22. The van der Waals surface area contributed by atoms with E-state index in [1.54, 1.807) is 17.0 Å². The lowest BCUT2D eigenvalue weighted by Crippen LogP contribution is -2.00. The highest BCUT2D eigenvalue weighted by atomic mass is 15.0. The Kier molecular flexibility index (Phi) is 5.25. The van der Waals surface area contributed by atoms with Gasteiger partial charge in [-0.05, 0) is 12.8 Å². The lowest BCUT2D eigenvalue weighted by atomic mass is 10.0. The molecule has 104 valence electrons. The summed E-state index contributed by atoms with van der Waals surface area (Å²) in [5.41, 5.74) is 4.93. The van der Waals surface area contributed by atoms with Crippen molar-refractivity contribution in [1.82, 2.24) is 14.5 Å². The molecule has 0 unspecified atom stereocenters. The Morgan fingerprint density at radius 2 is 2.00 bits per heavy atom. The zero-order chi connectivity index (χ0) is 15.3. The van der Waals surface area contributed by atoms with E-state index in [9.17, 15) is 5.26 Å². The van der Waals surface area contributed by atoms with Crippen LogP contribution < -0.4 is 0 Å². The molecular formula is C16H20N4. The summed E-state index contributed by atoms with van der Waals surface area (Å²) < 4.78 is 1.77. The van der Waals surface area contributed by atoms with E-state index < -0.39 is 0 Å². The van der Waals surface area contributed by atoms with Crippen LogP contribution in [0, 0.1) is 18.3 Å². The first-order chi connectivity index (χ1) is 9.58. The molecule has 0 aliphatic heterocycles. The van der Waals surface area contributed by atoms with E-state index in [4.69, 9.17) is 0 Å². The van der Waals surface area contributed by atoms with Crippen LogP contribution in [0.4, 0.5) is 0 Å². The number of aromatic nitrogens is 3. The van der Waals surface area contributed by atoms with E-state index in [0.717, 1.165) is 16.7 Å². The van der Waals surface area contributed by atoms with Gasteiger partial charge in [-0.15, -0.1) is 5.73 Å². The average molecular weight is 268 g/mol. The Labute approximate surface area is 120 Å². The largest absolute Gasteiger partial charge is 0.299 e. The SMILES string of the molecule is C=C=Cn1cc(C#N)c2c(C(C)C)nc(C)nc21.CC. The molecular weight excluding hydrogens is 248 g/mol. The molecule has 2 heterocycles. The monoisotopic (exact) mass is 268 g/mol. The van der Waals surface area contributed by atoms with Gasteiger partial charge >= 0.3 is 0 Å². The second-order valence-corrected chi connectivity index (χ2v) is 4.40. The molecule has 0 radical (unpaired) electrons. The maximum Gasteiger partial charge on any atom is 0.149 e. The fraction of sp³-hybridized carbons (Fsp3) is 0.375. The molecule has 0 aliphatic carbocycles. The van der Waals surface area contributed by atoms with Crippen LogP contribution in [0.3, 0.4) is 0 Å². The number of aryl methyl sites for hydroxylation is 1. The summed E-state index contributed by atoms with van der Waals surface area (Å²) in [4.78, 5) is 8.87. The zero-order valence-electron chi connectivity index (χ0n) is 12.7. The fourth-order valence-corrected chi connectivity index (χ4v) is 1.99. The standard InChI is InChI=1S/C14H14N4.C2H6/c1-5-6-18-8-11(7-15)12-13(9(2)3)16-10(4)17-14(12)18;1-2/h6,8-9H,1H2,2-4H3;1-2H3. The van der Waals surface area contributed by atoms with Crippen LogP contribution in [0.15, 0.2) is 18.5 Å². The Hall–Kier alpha value is -2.37. The van der Waals surface area contributed by atoms with Crippen molar-refractivity contribution >= 4 is 17.2 Å². The zero-order valence-corrected chi connectivity index (χ0v) is 12.7. The smallest absolute Gasteiger partial charge is 0.149 e. The molecule has 4 heteroatoms. The number of fused-ring (bicyclic) bond motifs is 1. The summed E-state index contributed by atoms with van der Waals surface area (Å²) in [5, 5.41) is 10.0. The van der Waals surface area contributed by atoms with Gasteiger partial charge in [0.25, 0.3) is 0 Å². The normalized spacial score (nSPS) is 9.65. The van der Waals surface area contributed by atoms with Crippen molar-refractivity contribution in [1.29, 1.82) is 5.26 Å². The van der Waals surface area contributed by atoms with Gasteiger partial charge in [-0.2, -0.15) is 5.26 Å². The third kappa shape index (κ3) is 2.79. The molecule has 0 aromatic carbocycles. The van der Waals surface area contributed by atoms with Gasteiger partial charge in [-0.1, -0.05) is 34.3 Å². The minimum absolute atomic E-state index is 0.241. The Morgan fingerprint density at radius 3 is 2.50 bits per heavy atom. The molecule has 0 N–H and O–H groups in total. The first-order valence-corrected chi connectivity index (χ1v) is 6.73. The molecule has 20 heavy (non-hydrogen) atoms. The fourth-order valence-electron chi connectivity index (χ4n) is 1.99. The van der Waals surface area contributed by atoms with E-state index >= 15 is 0 Å². The highest BCUT2D eigenvalue weighted by molar-refractivity contribution is 5.87. The topological polar surface area (TPSA) is 54.5 Å². The summed E-state index contributed by atoms with van der Waals surface area (Å²) in [5.74, 6) is 0.942. The molecule has 2 aromatic rings. The molecule has 0 spiro atoms. The van der Waals surface area contributed by atoms with Gasteiger partial charge in [0.1, 0.15) is 17.5 Å². The van der Waals surface area contributed by atoms with Gasteiger partial charge in [0.2, 0.25) is 0 Å². The lowest BCUT2D eigenvalue weighted by molar-refractivity contribution is 0.816. The molecule has 0 saturated heterocycles. The van der Waals surface area contributed by atoms with E-state index in [2.05, 4.69) is 42.2 Å². The molecule has 0 atom stereocenters. The Bertz CT molecular complexity index is 695. The van der Waals surface area contributed by atoms with Gasteiger partial charge in [-0.3, -0.25) is 4.57 Å². The first kappa shape index (κ1) is 15.7. The Morgan fingerprint density at radius 1 is 1.35 bits per heavy atom. The second kappa shape index (κ2) is 6.70. The van der Waals surface area contributed by atoms with E-state index in [1.807, 2.05) is 20.8 Å². The molecule has 4 nitrogen and oxygen atoms in total. The van der Waals surface area contributed by atoms with Crippen LogP contribution in [-0.4, -0.2) is 14.5 Å². The van der Waals surface area contributed by atoms with Crippen molar-refractivity contribution in [2.24, 2.45) is 0 Å². The van der Waals surface area contributed by atoms with Crippen LogP contribution in [0.5, 0.6) is 0 Å². The predicted molar refractivity (Wildman–Crippen MR) is 82.3 cm³/mol. The minimum atomic E-state index is 0.241. The van der Waals surface area contributed by atoms with Crippen LogP contribution in [0.2, 0.25) is 0 Å². The maximum atomic E-state index is 9.22. The number of nitrogens with zero attached hydrogens (tertiary/aromatic N) is 4. The third-order valence-corrected chi connectivity index (χ3v) is 2.71. The van der Waals surface area contributed by atoms with Crippen LogP contribution >= 0.6 is 0 Å². The van der Waals surface area contributed by atoms with Gasteiger partial charge < -0.3 is 0 Å². The molecule has 0 fully saturated rings. The second-order valence-electron chi connectivity index (χ2n) is 4.40. The quantitative estimate of drug-likeness (QED) is 0.773. The predicted octanol–water partition coefficient (Wildman–Crippen LogP) is 4.02.